The van der Waals surface area contributed by atoms with Gasteiger partial charge in [-0.15, -0.1) is 0 Å². The van der Waals surface area contributed by atoms with Gasteiger partial charge in [0.05, 0.1) is 32.5 Å². The summed E-state index contributed by atoms with van der Waals surface area (Å²) in [6.45, 7) is 2.76. The molecule has 2 amide bonds. The van der Waals surface area contributed by atoms with Gasteiger partial charge in [0.1, 0.15) is 11.5 Å². The van der Waals surface area contributed by atoms with Crippen molar-refractivity contribution < 1.29 is 41.7 Å². The Morgan fingerprint density at radius 3 is 1.85 bits per heavy atom. The van der Waals surface area contributed by atoms with Gasteiger partial charge in [-0.3, -0.25) is 9.69 Å². The minimum Gasteiger partial charge on any atom is -0.493 e. The number of hydrogen-bond acceptors (Lipinski definition) is 7. The van der Waals surface area contributed by atoms with Crippen molar-refractivity contribution in [1.82, 2.24) is 14.7 Å². The van der Waals surface area contributed by atoms with E-state index in [4.69, 9.17) is 18.9 Å². The zero-order valence-electron chi connectivity index (χ0n) is 22.5. The van der Waals surface area contributed by atoms with E-state index in [1.807, 2.05) is 24.3 Å². The summed E-state index contributed by atoms with van der Waals surface area (Å²) in [5.74, 6) is 0.496. The van der Waals surface area contributed by atoms with Crippen molar-refractivity contribution in [3.05, 3.63) is 58.7 Å². The minimum atomic E-state index is -5.02. The molecule has 4 aliphatic rings. The molecule has 9 nitrogen and oxygen atoms in total. The molecule has 0 saturated carbocycles. The van der Waals surface area contributed by atoms with E-state index < -0.39 is 24.3 Å². The molecule has 12 heteroatoms. The maximum Gasteiger partial charge on any atom is 0.434 e. The van der Waals surface area contributed by atoms with Crippen molar-refractivity contribution >= 4 is 12.0 Å². The molecular formula is C29H32F3N3O6. The fraction of sp³-hybridized carbons (Fsp3) is 0.517. The van der Waals surface area contributed by atoms with Crippen molar-refractivity contribution in [2.45, 2.75) is 31.2 Å². The van der Waals surface area contributed by atoms with E-state index in [1.165, 1.54) is 4.90 Å². The normalized spacial score (nSPS) is 19.8. The van der Waals surface area contributed by atoms with E-state index in [-0.39, 0.29) is 45.4 Å². The number of morpholine rings is 1. The highest BCUT2D eigenvalue weighted by Gasteiger charge is 2.50. The van der Waals surface area contributed by atoms with Gasteiger partial charge in [0, 0.05) is 52.1 Å². The van der Waals surface area contributed by atoms with E-state index in [0.29, 0.717) is 26.3 Å². The molecule has 2 aromatic carbocycles. The van der Waals surface area contributed by atoms with Gasteiger partial charge in [-0.25, -0.2) is 4.79 Å². The third kappa shape index (κ3) is 5.80. The summed E-state index contributed by atoms with van der Waals surface area (Å²) < 4.78 is 62.7. The first-order valence-electron chi connectivity index (χ1n) is 13.9. The van der Waals surface area contributed by atoms with E-state index in [9.17, 15) is 22.8 Å². The molecule has 6 rings (SSSR count). The fourth-order valence-corrected chi connectivity index (χ4v) is 5.91. The predicted octanol–water partition coefficient (Wildman–Crippen LogP) is 3.19. The third-order valence-electron chi connectivity index (χ3n) is 8.06. The summed E-state index contributed by atoms with van der Waals surface area (Å²) in [7, 11) is 0. The lowest BCUT2D eigenvalue weighted by molar-refractivity contribution is -0.213. The van der Waals surface area contributed by atoms with Crippen LogP contribution in [0, 0.1) is 0 Å². The molecule has 4 aliphatic heterocycles. The minimum absolute atomic E-state index is 0.0205. The van der Waals surface area contributed by atoms with Gasteiger partial charge < -0.3 is 28.7 Å². The van der Waals surface area contributed by atoms with Crippen LogP contribution in [-0.2, 0) is 27.1 Å². The van der Waals surface area contributed by atoms with Gasteiger partial charge in [-0.05, 0) is 34.4 Å². The Morgan fingerprint density at radius 1 is 0.756 bits per heavy atom. The van der Waals surface area contributed by atoms with Crippen molar-refractivity contribution in [2.75, 3.05) is 65.7 Å². The van der Waals surface area contributed by atoms with Crippen LogP contribution in [0.4, 0.5) is 18.0 Å². The fourth-order valence-electron chi connectivity index (χ4n) is 5.91. The van der Waals surface area contributed by atoms with E-state index in [0.717, 1.165) is 51.5 Å². The number of fused-ring (bicyclic) bond motifs is 2. The molecule has 0 bridgehead atoms. The maximum atomic E-state index is 13.8. The second-order valence-electron chi connectivity index (χ2n) is 10.6. The monoisotopic (exact) mass is 575 g/mol. The van der Waals surface area contributed by atoms with E-state index in [1.54, 1.807) is 0 Å². The smallest absolute Gasteiger partial charge is 0.434 e. The number of benzene rings is 2. The number of halogens is 3. The first kappa shape index (κ1) is 27.6. The number of ether oxygens (including phenoxy) is 4. The second-order valence-corrected chi connectivity index (χ2v) is 10.6. The van der Waals surface area contributed by atoms with Crippen LogP contribution in [0.15, 0.2) is 36.4 Å². The number of carbonyl (C=O) groups is 2. The quantitative estimate of drug-likeness (QED) is 0.542. The summed E-state index contributed by atoms with van der Waals surface area (Å²) in [6, 6.07) is 12.2. The summed E-state index contributed by atoms with van der Waals surface area (Å²) in [5.41, 5.74) is 4.44. The molecular weight excluding hydrogens is 543 g/mol. The first-order chi connectivity index (χ1) is 19.8. The van der Waals surface area contributed by atoms with Crippen LogP contribution in [0.2, 0.25) is 0 Å². The number of carbonyl (C=O) groups excluding carboxylic acids is 2. The number of alkyl halides is 3. The topological polar surface area (TPSA) is 80.8 Å². The molecule has 0 aliphatic carbocycles. The highest BCUT2D eigenvalue weighted by atomic mass is 19.4. The largest absolute Gasteiger partial charge is 0.493 e. The van der Waals surface area contributed by atoms with Crippen molar-refractivity contribution in [3.63, 3.8) is 0 Å². The zero-order chi connectivity index (χ0) is 28.6. The lowest BCUT2D eigenvalue weighted by Crippen LogP contribution is -2.55. The SMILES string of the molecule is O=C(OC(C(=O)N1CCOCC1)C(F)(F)F)N1CCN(C(c2ccc3c(c2)CCO3)c2ccc3c(c2)CCO3)CC1. The van der Waals surface area contributed by atoms with Crippen molar-refractivity contribution in [1.29, 1.82) is 0 Å². The molecule has 1 atom stereocenters. The molecule has 2 saturated heterocycles. The van der Waals surface area contributed by atoms with E-state index >= 15 is 0 Å². The maximum absolute atomic E-state index is 13.8. The van der Waals surface area contributed by atoms with Gasteiger partial charge >= 0.3 is 12.3 Å². The zero-order valence-corrected chi connectivity index (χ0v) is 22.5. The van der Waals surface area contributed by atoms with Crippen LogP contribution in [0.25, 0.3) is 0 Å². The third-order valence-corrected chi connectivity index (χ3v) is 8.06. The molecule has 0 aromatic heterocycles. The highest BCUT2D eigenvalue weighted by Crippen LogP contribution is 2.37. The summed E-state index contributed by atoms with van der Waals surface area (Å²) in [6.07, 6.45) is -7.35. The van der Waals surface area contributed by atoms with Crippen LogP contribution >= 0.6 is 0 Å². The Labute approximate surface area is 235 Å². The molecule has 4 heterocycles. The number of nitrogens with zero attached hydrogens (tertiary/aromatic N) is 3. The van der Waals surface area contributed by atoms with Crippen LogP contribution in [0.3, 0.4) is 0 Å². The highest BCUT2D eigenvalue weighted by molar-refractivity contribution is 5.84. The Morgan fingerprint density at radius 2 is 1.32 bits per heavy atom. The number of amides is 2. The molecule has 1 unspecified atom stereocenters. The van der Waals surface area contributed by atoms with Gasteiger partial charge in [0.15, 0.2) is 0 Å². The molecule has 0 radical (unpaired) electrons. The van der Waals surface area contributed by atoms with Crippen LogP contribution < -0.4 is 9.47 Å². The summed E-state index contributed by atoms with van der Waals surface area (Å²) >= 11 is 0. The molecule has 0 N–H and O–H groups in total. The second kappa shape index (κ2) is 11.4. The number of piperazine rings is 1. The van der Waals surface area contributed by atoms with Crippen LogP contribution in [-0.4, -0.2) is 105 Å². The average Bonchev–Trinajstić information content (AvgIpc) is 3.65. The lowest BCUT2D eigenvalue weighted by atomic mass is 9.93. The summed E-state index contributed by atoms with van der Waals surface area (Å²) in [5, 5.41) is 0. The number of hydrogen-bond donors (Lipinski definition) is 0. The predicted molar refractivity (Wildman–Crippen MR) is 140 cm³/mol. The Kier molecular flexibility index (Phi) is 7.69. The van der Waals surface area contributed by atoms with Gasteiger partial charge in [0.2, 0.25) is 0 Å². The lowest BCUT2D eigenvalue weighted by Gasteiger charge is -2.40. The van der Waals surface area contributed by atoms with Gasteiger partial charge in [-0.1, -0.05) is 24.3 Å². The first-order valence-corrected chi connectivity index (χ1v) is 13.9. The summed E-state index contributed by atoms with van der Waals surface area (Å²) in [4.78, 5) is 30.0. The average molecular weight is 576 g/mol. The van der Waals surface area contributed by atoms with Crippen LogP contribution in [0.5, 0.6) is 11.5 Å². The van der Waals surface area contributed by atoms with Crippen LogP contribution in [0.1, 0.15) is 28.3 Å². The Bertz CT molecular complexity index is 1230. The van der Waals surface area contributed by atoms with E-state index in [2.05, 4.69) is 17.0 Å². The molecule has 0 spiro atoms. The molecule has 41 heavy (non-hydrogen) atoms. The van der Waals surface area contributed by atoms with Crippen molar-refractivity contribution in [3.8, 4) is 11.5 Å². The Hall–Kier alpha value is -3.51. The standard InChI is InChI=1S/C29H32F3N3O6/c30-29(31,32)26(27(36)34-11-15-38-16-12-34)41-28(37)35-9-7-33(8-10-35)25(21-1-3-23-19(17-21)5-13-39-23)22-2-4-24-20(18-22)6-14-40-24/h1-4,17-18,25-26H,5-16H2. The van der Waals surface area contributed by atoms with Gasteiger partial charge in [-0.2, -0.15) is 13.2 Å². The van der Waals surface area contributed by atoms with Crippen molar-refractivity contribution in [2.24, 2.45) is 0 Å². The Balaban J connectivity index is 1.17. The molecule has 2 fully saturated rings. The number of rotatable bonds is 5. The molecule has 2 aromatic rings. The molecule has 220 valence electrons. The van der Waals surface area contributed by atoms with Gasteiger partial charge in [0.25, 0.3) is 12.0 Å².